The van der Waals surface area contributed by atoms with Gasteiger partial charge in [-0.05, 0) is 12.8 Å². The molecule has 0 aromatic heterocycles. The maximum atomic E-state index is 10.9. The van der Waals surface area contributed by atoms with E-state index in [1.54, 1.807) is 18.2 Å². The van der Waals surface area contributed by atoms with Gasteiger partial charge in [-0.1, -0.05) is 25.1 Å². The van der Waals surface area contributed by atoms with Gasteiger partial charge in [0, 0.05) is 30.6 Å². The lowest BCUT2D eigenvalue weighted by Gasteiger charge is -2.22. The number of ether oxygens (including phenoxy) is 1. The Morgan fingerprint density at radius 3 is 2.95 bits per heavy atom. The molecule has 1 aromatic carbocycles. The molecule has 3 atom stereocenters. The van der Waals surface area contributed by atoms with Crippen molar-refractivity contribution < 1.29 is 14.8 Å². The summed E-state index contributed by atoms with van der Waals surface area (Å²) in [5.41, 5.74) is 0.662. The maximum Gasteiger partial charge on any atom is 0.272 e. The Labute approximate surface area is 112 Å². The van der Waals surface area contributed by atoms with Crippen molar-refractivity contribution in [2.24, 2.45) is 5.92 Å². The lowest BCUT2D eigenvalue weighted by molar-refractivity contribution is -0.385. The van der Waals surface area contributed by atoms with Gasteiger partial charge in [-0.25, -0.2) is 0 Å². The minimum atomic E-state index is -0.589. The summed E-state index contributed by atoms with van der Waals surface area (Å²) in [6.45, 7) is 2.69. The monoisotopic (exact) mass is 265 g/mol. The quantitative estimate of drug-likeness (QED) is 0.655. The smallest absolute Gasteiger partial charge is 0.272 e. The third-order valence-corrected chi connectivity index (χ3v) is 3.77. The molecule has 1 aliphatic rings. The fraction of sp³-hybridized carbons (Fsp3) is 0.571. The third-order valence-electron chi connectivity index (χ3n) is 3.77. The van der Waals surface area contributed by atoms with Gasteiger partial charge in [-0.15, -0.1) is 0 Å². The Morgan fingerprint density at radius 2 is 2.26 bits per heavy atom. The van der Waals surface area contributed by atoms with Crippen LogP contribution in [-0.2, 0) is 11.2 Å². The molecule has 104 valence electrons. The number of rotatable bonds is 5. The summed E-state index contributed by atoms with van der Waals surface area (Å²) >= 11 is 0. The zero-order chi connectivity index (χ0) is 13.8. The van der Waals surface area contributed by atoms with Gasteiger partial charge in [0.05, 0.1) is 17.1 Å². The zero-order valence-corrected chi connectivity index (χ0v) is 11.0. The molecular formula is C14H19NO4. The predicted octanol–water partition coefficient (Wildman–Crippen LogP) is 2.31. The van der Waals surface area contributed by atoms with Gasteiger partial charge in [-0.3, -0.25) is 10.1 Å². The first-order valence-electron chi connectivity index (χ1n) is 6.65. The van der Waals surface area contributed by atoms with Crippen LogP contribution >= 0.6 is 0 Å². The van der Waals surface area contributed by atoms with Crippen molar-refractivity contribution in [3.05, 3.63) is 39.9 Å². The van der Waals surface area contributed by atoms with Crippen LogP contribution in [0.25, 0.3) is 0 Å². The molecule has 0 amide bonds. The maximum absolute atomic E-state index is 10.9. The molecule has 5 heteroatoms. The third kappa shape index (κ3) is 3.11. The van der Waals surface area contributed by atoms with Crippen LogP contribution in [0.15, 0.2) is 24.3 Å². The van der Waals surface area contributed by atoms with Crippen LogP contribution in [0.3, 0.4) is 0 Å². The highest BCUT2D eigenvalue weighted by molar-refractivity contribution is 5.40. The van der Waals surface area contributed by atoms with E-state index in [1.165, 1.54) is 6.07 Å². The Hall–Kier alpha value is -1.46. The van der Waals surface area contributed by atoms with Gasteiger partial charge in [0.1, 0.15) is 0 Å². The highest BCUT2D eigenvalue weighted by Crippen LogP contribution is 2.29. The minimum absolute atomic E-state index is 0.0674. The second kappa shape index (κ2) is 6.12. The molecule has 2 rings (SSSR count). The Kier molecular flexibility index (Phi) is 4.50. The van der Waals surface area contributed by atoms with Gasteiger partial charge in [-0.2, -0.15) is 0 Å². The Bertz CT molecular complexity index is 449. The van der Waals surface area contributed by atoms with E-state index in [-0.39, 0.29) is 17.7 Å². The summed E-state index contributed by atoms with van der Waals surface area (Å²) in [6, 6.07) is 6.58. The van der Waals surface area contributed by atoms with Crippen LogP contribution in [0.4, 0.5) is 5.69 Å². The highest BCUT2D eigenvalue weighted by Gasteiger charge is 2.33. The summed E-state index contributed by atoms with van der Waals surface area (Å²) in [5, 5.41) is 21.3. The molecule has 3 unspecified atom stereocenters. The van der Waals surface area contributed by atoms with Gasteiger partial charge >= 0.3 is 0 Å². The molecule has 0 radical (unpaired) electrons. The van der Waals surface area contributed by atoms with Gasteiger partial charge in [0.25, 0.3) is 5.69 Å². The first-order chi connectivity index (χ1) is 9.13. The standard InChI is InChI=1S/C14H19NO4/c1-2-14-11(7-8-19-14)13(16)9-10-5-3-4-6-12(10)15(17)18/h3-6,11,13-14,16H,2,7-9H2,1H3. The summed E-state index contributed by atoms with van der Waals surface area (Å²) in [4.78, 5) is 10.5. The van der Waals surface area contributed by atoms with E-state index in [2.05, 4.69) is 0 Å². The number of aliphatic hydroxyl groups is 1. The average molecular weight is 265 g/mol. The lowest BCUT2D eigenvalue weighted by atomic mass is 9.89. The topological polar surface area (TPSA) is 72.6 Å². The predicted molar refractivity (Wildman–Crippen MR) is 70.9 cm³/mol. The summed E-state index contributed by atoms with van der Waals surface area (Å²) < 4.78 is 5.56. The molecular weight excluding hydrogens is 246 g/mol. The van der Waals surface area contributed by atoms with E-state index >= 15 is 0 Å². The van der Waals surface area contributed by atoms with Gasteiger partial charge in [0.15, 0.2) is 0 Å². The fourth-order valence-electron chi connectivity index (χ4n) is 2.76. The largest absolute Gasteiger partial charge is 0.392 e. The van der Waals surface area contributed by atoms with E-state index in [1.807, 2.05) is 6.92 Å². The number of hydrogen-bond donors (Lipinski definition) is 1. The van der Waals surface area contributed by atoms with Crippen molar-refractivity contribution >= 4 is 5.69 Å². The van der Waals surface area contributed by atoms with Crippen molar-refractivity contribution in [2.75, 3.05) is 6.61 Å². The first kappa shape index (κ1) is 14.0. The molecule has 1 aromatic rings. The Morgan fingerprint density at radius 1 is 1.53 bits per heavy atom. The molecule has 1 heterocycles. The molecule has 0 saturated carbocycles. The number of hydrogen-bond acceptors (Lipinski definition) is 4. The Balaban J connectivity index is 2.10. The number of nitro groups is 1. The average Bonchev–Trinajstić information content (AvgIpc) is 2.87. The van der Waals surface area contributed by atoms with Crippen molar-refractivity contribution in [1.82, 2.24) is 0 Å². The van der Waals surface area contributed by atoms with Crippen molar-refractivity contribution in [2.45, 2.75) is 38.4 Å². The van der Waals surface area contributed by atoms with E-state index in [4.69, 9.17) is 4.74 Å². The van der Waals surface area contributed by atoms with Gasteiger partial charge < -0.3 is 9.84 Å². The molecule has 1 fully saturated rings. The molecule has 1 aliphatic heterocycles. The number of benzene rings is 1. The minimum Gasteiger partial charge on any atom is -0.392 e. The fourth-order valence-corrected chi connectivity index (χ4v) is 2.76. The van der Waals surface area contributed by atoms with E-state index < -0.39 is 11.0 Å². The summed E-state index contributed by atoms with van der Waals surface area (Å²) in [7, 11) is 0. The van der Waals surface area contributed by atoms with Crippen LogP contribution in [0.1, 0.15) is 25.3 Å². The van der Waals surface area contributed by atoms with Crippen LogP contribution < -0.4 is 0 Å². The number of nitrogens with zero attached hydrogens (tertiary/aromatic N) is 1. The van der Waals surface area contributed by atoms with Crippen LogP contribution in [-0.4, -0.2) is 28.8 Å². The molecule has 0 spiro atoms. The molecule has 1 N–H and O–H groups in total. The number of aliphatic hydroxyl groups excluding tert-OH is 1. The molecule has 19 heavy (non-hydrogen) atoms. The van der Waals surface area contributed by atoms with Crippen molar-refractivity contribution in [3.8, 4) is 0 Å². The van der Waals surface area contributed by atoms with Crippen molar-refractivity contribution in [3.63, 3.8) is 0 Å². The van der Waals surface area contributed by atoms with Gasteiger partial charge in [0.2, 0.25) is 0 Å². The van der Waals surface area contributed by atoms with Crippen LogP contribution in [0.2, 0.25) is 0 Å². The second-order valence-corrected chi connectivity index (χ2v) is 4.93. The van der Waals surface area contributed by atoms with E-state index in [0.717, 1.165) is 12.8 Å². The molecule has 5 nitrogen and oxygen atoms in total. The number of para-hydroxylation sites is 1. The molecule has 0 bridgehead atoms. The number of nitro benzene ring substituents is 1. The SMILES string of the molecule is CCC1OCCC1C(O)Cc1ccccc1[N+](=O)[O-]. The van der Waals surface area contributed by atoms with E-state index in [9.17, 15) is 15.2 Å². The zero-order valence-electron chi connectivity index (χ0n) is 11.0. The summed E-state index contributed by atoms with van der Waals surface area (Å²) in [6.07, 6.45) is 1.46. The normalized spacial score (nSPS) is 24.3. The second-order valence-electron chi connectivity index (χ2n) is 4.93. The molecule has 1 saturated heterocycles. The van der Waals surface area contributed by atoms with E-state index in [0.29, 0.717) is 18.6 Å². The van der Waals surface area contributed by atoms with Crippen molar-refractivity contribution in [1.29, 1.82) is 0 Å². The first-order valence-corrected chi connectivity index (χ1v) is 6.65. The highest BCUT2D eigenvalue weighted by atomic mass is 16.6. The van der Waals surface area contributed by atoms with Crippen LogP contribution in [0, 0.1) is 16.0 Å². The lowest BCUT2D eigenvalue weighted by Crippen LogP contribution is -2.29. The summed E-state index contributed by atoms with van der Waals surface area (Å²) in [5.74, 6) is 0.0739. The molecule has 0 aliphatic carbocycles. The van der Waals surface area contributed by atoms with Crippen LogP contribution in [0.5, 0.6) is 0 Å².